The first-order chi connectivity index (χ1) is 5.72. The van der Waals surface area contributed by atoms with Gasteiger partial charge < -0.3 is 5.73 Å². The van der Waals surface area contributed by atoms with Gasteiger partial charge >= 0.3 is 0 Å². The molecule has 0 heterocycles. The van der Waals surface area contributed by atoms with Crippen molar-refractivity contribution >= 4 is 5.78 Å². The SMILES string of the molecule is C/C(N)=C1/CCCCCCC1=O. The van der Waals surface area contributed by atoms with E-state index < -0.39 is 0 Å². The predicted octanol–water partition coefficient (Wildman–Crippen LogP) is 2.14. The molecule has 1 fully saturated rings. The normalized spacial score (nSPS) is 24.6. The van der Waals surface area contributed by atoms with Gasteiger partial charge in [0.15, 0.2) is 5.78 Å². The van der Waals surface area contributed by atoms with Crippen LogP contribution in [0.15, 0.2) is 11.3 Å². The van der Waals surface area contributed by atoms with Crippen molar-refractivity contribution in [2.24, 2.45) is 5.73 Å². The highest BCUT2D eigenvalue weighted by Crippen LogP contribution is 2.19. The van der Waals surface area contributed by atoms with Gasteiger partial charge in [0.2, 0.25) is 0 Å². The molecule has 0 bridgehead atoms. The van der Waals surface area contributed by atoms with Crippen LogP contribution in [0, 0.1) is 0 Å². The molecule has 0 radical (unpaired) electrons. The van der Waals surface area contributed by atoms with Crippen LogP contribution < -0.4 is 5.73 Å². The Labute approximate surface area is 73.8 Å². The molecular formula is C10H17NO. The average Bonchev–Trinajstić information content (AvgIpc) is 1.96. The largest absolute Gasteiger partial charge is 0.402 e. The van der Waals surface area contributed by atoms with Crippen LogP contribution in [0.3, 0.4) is 0 Å². The van der Waals surface area contributed by atoms with Crippen molar-refractivity contribution in [3.05, 3.63) is 11.3 Å². The number of nitrogens with two attached hydrogens (primary N) is 1. The fourth-order valence-corrected chi connectivity index (χ4v) is 1.65. The summed E-state index contributed by atoms with van der Waals surface area (Å²) in [6.07, 6.45) is 6.18. The summed E-state index contributed by atoms with van der Waals surface area (Å²) in [5.74, 6) is 0.273. The lowest BCUT2D eigenvalue weighted by atomic mass is 9.94. The molecule has 0 amide bonds. The molecule has 0 aliphatic heterocycles. The van der Waals surface area contributed by atoms with E-state index >= 15 is 0 Å². The number of carbonyl (C=O) groups excluding carboxylic acids is 1. The van der Waals surface area contributed by atoms with Crippen molar-refractivity contribution in [3.8, 4) is 0 Å². The number of hydrogen-bond donors (Lipinski definition) is 1. The molecule has 1 aliphatic rings. The first-order valence-corrected chi connectivity index (χ1v) is 4.70. The first kappa shape index (κ1) is 9.30. The van der Waals surface area contributed by atoms with Crippen LogP contribution in [0.25, 0.3) is 0 Å². The number of Topliss-reactive ketones (excluding diaryl/α,β-unsaturated/α-hetero) is 1. The predicted molar refractivity (Wildman–Crippen MR) is 49.6 cm³/mol. The van der Waals surface area contributed by atoms with Gasteiger partial charge in [-0.2, -0.15) is 0 Å². The van der Waals surface area contributed by atoms with E-state index in [-0.39, 0.29) is 5.78 Å². The molecule has 1 saturated carbocycles. The van der Waals surface area contributed by atoms with Crippen molar-refractivity contribution in [2.45, 2.75) is 45.4 Å². The summed E-state index contributed by atoms with van der Waals surface area (Å²) >= 11 is 0. The quantitative estimate of drug-likeness (QED) is 0.562. The zero-order valence-corrected chi connectivity index (χ0v) is 7.73. The van der Waals surface area contributed by atoms with E-state index in [1.165, 1.54) is 12.8 Å². The Morgan fingerprint density at radius 3 is 2.33 bits per heavy atom. The van der Waals surface area contributed by atoms with Gasteiger partial charge in [0.1, 0.15) is 0 Å². The lowest BCUT2D eigenvalue weighted by Crippen LogP contribution is -2.11. The minimum Gasteiger partial charge on any atom is -0.402 e. The first-order valence-electron chi connectivity index (χ1n) is 4.70. The van der Waals surface area contributed by atoms with Crippen LogP contribution in [0.5, 0.6) is 0 Å². The summed E-state index contributed by atoms with van der Waals surface area (Å²) in [5, 5.41) is 0. The molecule has 0 aromatic heterocycles. The van der Waals surface area contributed by atoms with Gasteiger partial charge in [-0.3, -0.25) is 4.79 Å². The van der Waals surface area contributed by atoms with E-state index in [2.05, 4.69) is 0 Å². The highest BCUT2D eigenvalue weighted by Gasteiger charge is 2.13. The second-order valence-corrected chi connectivity index (χ2v) is 3.50. The van der Waals surface area contributed by atoms with Crippen LogP contribution in [0.2, 0.25) is 0 Å². The van der Waals surface area contributed by atoms with E-state index in [0.717, 1.165) is 30.5 Å². The molecule has 0 spiro atoms. The van der Waals surface area contributed by atoms with Crippen LogP contribution >= 0.6 is 0 Å². The van der Waals surface area contributed by atoms with Gasteiger partial charge in [0.05, 0.1) is 0 Å². The highest BCUT2D eigenvalue weighted by molar-refractivity contribution is 5.95. The van der Waals surface area contributed by atoms with Gasteiger partial charge in [-0.25, -0.2) is 0 Å². The number of rotatable bonds is 0. The zero-order chi connectivity index (χ0) is 8.97. The molecule has 1 rings (SSSR count). The molecular weight excluding hydrogens is 150 g/mol. The Kier molecular flexibility index (Phi) is 3.32. The smallest absolute Gasteiger partial charge is 0.160 e. The Bertz CT molecular complexity index is 202. The fraction of sp³-hybridized carbons (Fsp3) is 0.700. The Morgan fingerprint density at radius 2 is 1.75 bits per heavy atom. The molecule has 0 atom stereocenters. The van der Waals surface area contributed by atoms with E-state index in [1.807, 2.05) is 6.92 Å². The summed E-state index contributed by atoms with van der Waals surface area (Å²) in [6.45, 7) is 1.83. The van der Waals surface area contributed by atoms with Gasteiger partial charge in [-0.05, 0) is 26.2 Å². The third-order valence-corrected chi connectivity index (χ3v) is 2.39. The highest BCUT2D eigenvalue weighted by atomic mass is 16.1. The molecule has 2 N–H and O–H groups in total. The minimum atomic E-state index is 0.273. The standard InChI is InChI=1S/C10H17NO/c1-8(11)9-6-4-2-3-5-7-10(9)12/h2-7,11H2,1H3/b9-8+. The lowest BCUT2D eigenvalue weighted by Gasteiger charge is -2.12. The second kappa shape index (κ2) is 4.29. The Hall–Kier alpha value is -0.790. The average molecular weight is 167 g/mol. The van der Waals surface area contributed by atoms with Gasteiger partial charge in [0.25, 0.3) is 0 Å². The summed E-state index contributed by atoms with van der Waals surface area (Å²) in [4.78, 5) is 11.5. The van der Waals surface area contributed by atoms with E-state index in [0.29, 0.717) is 6.42 Å². The van der Waals surface area contributed by atoms with Crippen molar-refractivity contribution in [2.75, 3.05) is 0 Å². The summed E-state index contributed by atoms with van der Waals surface area (Å²) < 4.78 is 0. The molecule has 0 saturated heterocycles. The van der Waals surface area contributed by atoms with Crippen molar-refractivity contribution in [3.63, 3.8) is 0 Å². The number of ketones is 1. The monoisotopic (exact) mass is 167 g/mol. The van der Waals surface area contributed by atoms with Crippen LogP contribution in [-0.4, -0.2) is 5.78 Å². The molecule has 2 nitrogen and oxygen atoms in total. The lowest BCUT2D eigenvalue weighted by molar-refractivity contribution is -0.116. The summed E-state index contributed by atoms with van der Waals surface area (Å²) in [7, 11) is 0. The number of allylic oxidation sites excluding steroid dienone is 2. The Balaban J connectivity index is 2.68. The van der Waals surface area contributed by atoms with Gasteiger partial charge in [0, 0.05) is 17.7 Å². The second-order valence-electron chi connectivity index (χ2n) is 3.50. The van der Waals surface area contributed by atoms with Crippen LogP contribution in [-0.2, 0) is 4.79 Å². The van der Waals surface area contributed by atoms with E-state index in [9.17, 15) is 4.79 Å². The fourth-order valence-electron chi connectivity index (χ4n) is 1.65. The van der Waals surface area contributed by atoms with Gasteiger partial charge in [-0.15, -0.1) is 0 Å². The van der Waals surface area contributed by atoms with Crippen molar-refractivity contribution in [1.29, 1.82) is 0 Å². The third kappa shape index (κ3) is 2.36. The minimum absolute atomic E-state index is 0.273. The Morgan fingerprint density at radius 1 is 1.17 bits per heavy atom. The number of carbonyl (C=O) groups is 1. The molecule has 0 unspecified atom stereocenters. The van der Waals surface area contributed by atoms with E-state index in [4.69, 9.17) is 5.73 Å². The summed E-state index contributed by atoms with van der Waals surface area (Å²) in [6, 6.07) is 0. The van der Waals surface area contributed by atoms with Crippen molar-refractivity contribution in [1.82, 2.24) is 0 Å². The molecule has 2 heteroatoms. The van der Waals surface area contributed by atoms with Gasteiger partial charge in [-0.1, -0.05) is 12.8 Å². The third-order valence-electron chi connectivity index (χ3n) is 2.39. The van der Waals surface area contributed by atoms with Crippen LogP contribution in [0.4, 0.5) is 0 Å². The number of hydrogen-bond acceptors (Lipinski definition) is 2. The maximum atomic E-state index is 11.5. The topological polar surface area (TPSA) is 43.1 Å². The van der Waals surface area contributed by atoms with E-state index in [1.54, 1.807) is 0 Å². The molecule has 0 aromatic carbocycles. The summed E-state index contributed by atoms with van der Waals surface area (Å²) in [5.41, 5.74) is 7.24. The molecule has 1 aliphatic carbocycles. The molecule has 12 heavy (non-hydrogen) atoms. The maximum absolute atomic E-state index is 11.5. The maximum Gasteiger partial charge on any atom is 0.160 e. The zero-order valence-electron chi connectivity index (χ0n) is 7.73. The molecule has 0 aromatic rings. The van der Waals surface area contributed by atoms with Crippen LogP contribution in [0.1, 0.15) is 45.4 Å². The molecule has 68 valence electrons. The van der Waals surface area contributed by atoms with Crippen molar-refractivity contribution < 1.29 is 4.79 Å².